The maximum atomic E-state index is 11.7. The fraction of sp³-hybridized carbons (Fsp3) is 0.667. The molecule has 1 rings (SSSR count). The molecule has 1 aromatic rings. The van der Waals surface area contributed by atoms with E-state index in [-0.39, 0.29) is 5.56 Å². The number of aryl methyl sites for hydroxylation is 1. The molecule has 96 valence electrons. The predicted octanol–water partition coefficient (Wildman–Crippen LogP) is 1.02. The molecule has 0 bridgehead atoms. The van der Waals surface area contributed by atoms with E-state index in [1.165, 1.54) is 10.7 Å². The minimum atomic E-state index is -0.122. The fourth-order valence-corrected chi connectivity index (χ4v) is 1.49. The Morgan fingerprint density at radius 2 is 2.29 bits per heavy atom. The Morgan fingerprint density at radius 1 is 1.53 bits per heavy atom. The molecule has 0 radical (unpaired) electrons. The third kappa shape index (κ3) is 4.99. The van der Waals surface area contributed by atoms with Crippen LogP contribution in [0.15, 0.2) is 17.1 Å². The van der Waals surface area contributed by atoms with Gasteiger partial charge in [-0.15, -0.1) is 0 Å². The molecule has 0 aliphatic rings. The molecule has 0 fully saturated rings. The first-order chi connectivity index (χ1) is 8.13. The van der Waals surface area contributed by atoms with E-state index in [2.05, 4.69) is 18.9 Å². The maximum absolute atomic E-state index is 11.7. The van der Waals surface area contributed by atoms with E-state index in [9.17, 15) is 4.79 Å². The second kappa shape index (κ2) is 7.06. The van der Waals surface area contributed by atoms with Crippen molar-refractivity contribution < 1.29 is 4.74 Å². The van der Waals surface area contributed by atoms with Crippen molar-refractivity contribution in [2.75, 3.05) is 13.2 Å². The number of nitrogens with zero attached hydrogens (tertiary/aromatic N) is 2. The average molecular weight is 239 g/mol. The summed E-state index contributed by atoms with van der Waals surface area (Å²) in [7, 11) is 0. The molecule has 0 aliphatic heterocycles. The monoisotopic (exact) mass is 239 g/mol. The van der Waals surface area contributed by atoms with Crippen LogP contribution in [0.4, 0.5) is 0 Å². The van der Waals surface area contributed by atoms with Crippen LogP contribution in [0.1, 0.15) is 26.7 Å². The van der Waals surface area contributed by atoms with Gasteiger partial charge in [0.05, 0.1) is 6.20 Å². The molecule has 0 unspecified atom stereocenters. The third-order valence-electron chi connectivity index (χ3n) is 2.38. The molecule has 0 saturated heterocycles. The minimum Gasteiger partial charge on any atom is -0.490 e. The van der Waals surface area contributed by atoms with Gasteiger partial charge in [0.1, 0.15) is 12.4 Å². The Hall–Kier alpha value is -1.36. The van der Waals surface area contributed by atoms with Crippen molar-refractivity contribution in [3.63, 3.8) is 0 Å². The lowest BCUT2D eigenvalue weighted by atomic mass is 10.1. The molecule has 17 heavy (non-hydrogen) atoms. The topological polar surface area (TPSA) is 70.1 Å². The van der Waals surface area contributed by atoms with Gasteiger partial charge in [-0.05, 0) is 18.8 Å². The van der Waals surface area contributed by atoms with Gasteiger partial charge >= 0.3 is 0 Å². The highest BCUT2D eigenvalue weighted by Crippen LogP contribution is 2.05. The zero-order chi connectivity index (χ0) is 12.7. The van der Waals surface area contributed by atoms with E-state index in [1.54, 1.807) is 6.20 Å². The molecule has 1 heterocycles. The molecule has 0 atom stereocenters. The molecule has 5 heteroatoms. The summed E-state index contributed by atoms with van der Waals surface area (Å²) in [4.78, 5) is 11.7. The van der Waals surface area contributed by atoms with Crippen molar-refractivity contribution in [1.82, 2.24) is 9.78 Å². The van der Waals surface area contributed by atoms with E-state index >= 15 is 0 Å². The van der Waals surface area contributed by atoms with E-state index in [0.717, 1.165) is 12.8 Å². The summed E-state index contributed by atoms with van der Waals surface area (Å²) in [6.45, 7) is 5.82. The van der Waals surface area contributed by atoms with Crippen molar-refractivity contribution in [3.8, 4) is 5.75 Å². The highest BCUT2D eigenvalue weighted by Gasteiger charge is 2.01. The normalized spacial score (nSPS) is 10.8. The smallest absolute Gasteiger partial charge is 0.270 e. The van der Waals surface area contributed by atoms with Crippen molar-refractivity contribution in [1.29, 1.82) is 0 Å². The zero-order valence-electron chi connectivity index (χ0n) is 10.6. The number of hydrogen-bond donors (Lipinski definition) is 1. The molecule has 0 saturated carbocycles. The lowest BCUT2D eigenvalue weighted by Crippen LogP contribution is -2.23. The Kier molecular flexibility index (Phi) is 5.69. The molecule has 0 amide bonds. The summed E-state index contributed by atoms with van der Waals surface area (Å²) in [6.07, 6.45) is 3.62. The first kappa shape index (κ1) is 13.7. The molecule has 5 nitrogen and oxygen atoms in total. The van der Waals surface area contributed by atoms with Gasteiger partial charge in [0.15, 0.2) is 0 Å². The number of hydrogen-bond acceptors (Lipinski definition) is 4. The van der Waals surface area contributed by atoms with Gasteiger partial charge in [0.25, 0.3) is 5.56 Å². The van der Waals surface area contributed by atoms with Crippen LogP contribution in [-0.2, 0) is 6.54 Å². The van der Waals surface area contributed by atoms with Gasteiger partial charge in [-0.3, -0.25) is 4.79 Å². The highest BCUT2D eigenvalue weighted by molar-refractivity contribution is 5.13. The lowest BCUT2D eigenvalue weighted by molar-refractivity contribution is 0.323. The summed E-state index contributed by atoms with van der Waals surface area (Å²) < 4.78 is 6.70. The first-order valence-electron chi connectivity index (χ1n) is 6.03. The third-order valence-corrected chi connectivity index (χ3v) is 2.38. The van der Waals surface area contributed by atoms with Crippen molar-refractivity contribution >= 4 is 0 Å². The SMILES string of the molecule is CC(C)CCCn1ncc(OCCN)cc1=O. The molecule has 0 spiro atoms. The molecule has 0 aromatic carbocycles. The quantitative estimate of drug-likeness (QED) is 0.771. The summed E-state index contributed by atoms with van der Waals surface area (Å²) in [5, 5.41) is 4.07. The van der Waals surface area contributed by atoms with Gasteiger partial charge in [-0.25, -0.2) is 4.68 Å². The summed E-state index contributed by atoms with van der Waals surface area (Å²) in [6, 6.07) is 1.46. The van der Waals surface area contributed by atoms with Crippen molar-refractivity contribution in [3.05, 3.63) is 22.6 Å². The lowest BCUT2D eigenvalue weighted by Gasteiger charge is -2.08. The van der Waals surface area contributed by atoms with Crippen LogP contribution in [0.25, 0.3) is 0 Å². The van der Waals surface area contributed by atoms with Gasteiger partial charge in [0.2, 0.25) is 0 Å². The van der Waals surface area contributed by atoms with Gasteiger partial charge in [-0.2, -0.15) is 5.10 Å². The minimum absolute atomic E-state index is 0.122. The predicted molar refractivity (Wildman–Crippen MR) is 67.1 cm³/mol. The number of ether oxygens (including phenoxy) is 1. The van der Waals surface area contributed by atoms with Crippen LogP contribution in [0.2, 0.25) is 0 Å². The van der Waals surface area contributed by atoms with Crippen molar-refractivity contribution in [2.45, 2.75) is 33.2 Å². The Balaban J connectivity index is 2.54. The molecular weight excluding hydrogens is 218 g/mol. The zero-order valence-corrected chi connectivity index (χ0v) is 10.6. The van der Waals surface area contributed by atoms with Crippen LogP contribution in [0.5, 0.6) is 5.75 Å². The van der Waals surface area contributed by atoms with E-state index < -0.39 is 0 Å². The largest absolute Gasteiger partial charge is 0.490 e. The second-order valence-electron chi connectivity index (χ2n) is 4.43. The van der Waals surface area contributed by atoms with Gasteiger partial charge in [-0.1, -0.05) is 13.8 Å². The molecule has 0 aliphatic carbocycles. The Labute approximate surface area is 102 Å². The molecule has 2 N–H and O–H groups in total. The standard InChI is InChI=1S/C12H21N3O2/c1-10(2)4-3-6-15-12(16)8-11(9-14-15)17-7-5-13/h8-10H,3-7,13H2,1-2H3. The summed E-state index contributed by atoms with van der Waals surface area (Å²) in [5.41, 5.74) is 5.19. The van der Waals surface area contributed by atoms with Crippen LogP contribution >= 0.6 is 0 Å². The van der Waals surface area contributed by atoms with Crippen LogP contribution in [-0.4, -0.2) is 22.9 Å². The average Bonchev–Trinajstić information content (AvgIpc) is 2.28. The highest BCUT2D eigenvalue weighted by atomic mass is 16.5. The van der Waals surface area contributed by atoms with Crippen LogP contribution in [0, 0.1) is 5.92 Å². The van der Waals surface area contributed by atoms with E-state index in [0.29, 0.717) is 31.4 Å². The van der Waals surface area contributed by atoms with Crippen molar-refractivity contribution in [2.24, 2.45) is 11.7 Å². The fourth-order valence-electron chi connectivity index (χ4n) is 1.49. The van der Waals surface area contributed by atoms with E-state index in [4.69, 9.17) is 10.5 Å². The van der Waals surface area contributed by atoms with Crippen LogP contribution in [0.3, 0.4) is 0 Å². The number of nitrogens with two attached hydrogens (primary N) is 1. The number of rotatable bonds is 7. The summed E-state index contributed by atoms with van der Waals surface area (Å²) in [5.74, 6) is 1.14. The van der Waals surface area contributed by atoms with Crippen LogP contribution < -0.4 is 16.0 Å². The first-order valence-corrected chi connectivity index (χ1v) is 6.03. The number of aromatic nitrogens is 2. The maximum Gasteiger partial charge on any atom is 0.270 e. The van der Waals surface area contributed by atoms with Gasteiger partial charge < -0.3 is 10.5 Å². The van der Waals surface area contributed by atoms with Gasteiger partial charge in [0, 0.05) is 19.2 Å². The summed E-state index contributed by atoms with van der Waals surface area (Å²) >= 11 is 0. The second-order valence-corrected chi connectivity index (χ2v) is 4.43. The molecular formula is C12H21N3O2. The van der Waals surface area contributed by atoms with E-state index in [1.807, 2.05) is 0 Å². The molecule has 1 aromatic heterocycles. The Bertz CT molecular complexity index is 388. The Morgan fingerprint density at radius 3 is 2.88 bits per heavy atom.